The first kappa shape index (κ1) is 46.2. The molecule has 6 rings (SSSR count). The second-order valence-electron chi connectivity index (χ2n) is 14.8. The Hall–Kier alpha value is -6.31. The van der Waals surface area contributed by atoms with Gasteiger partial charge in [-0.3, -0.25) is 9.59 Å². The third kappa shape index (κ3) is 12.2. The lowest BCUT2D eigenvalue weighted by Crippen LogP contribution is -2.47. The van der Waals surface area contributed by atoms with Gasteiger partial charge in [0.1, 0.15) is 36.7 Å². The van der Waals surface area contributed by atoms with E-state index >= 15 is 4.39 Å². The van der Waals surface area contributed by atoms with Gasteiger partial charge < -0.3 is 28.7 Å². The summed E-state index contributed by atoms with van der Waals surface area (Å²) in [5, 5.41) is 12.0. The van der Waals surface area contributed by atoms with Crippen molar-refractivity contribution >= 4 is 41.4 Å². The van der Waals surface area contributed by atoms with E-state index in [1.54, 1.807) is 30.1 Å². The fourth-order valence-corrected chi connectivity index (χ4v) is 8.31. The molecule has 2 saturated heterocycles. The van der Waals surface area contributed by atoms with Crippen molar-refractivity contribution < 1.29 is 46.5 Å². The van der Waals surface area contributed by atoms with Crippen molar-refractivity contribution in [3.8, 4) is 6.07 Å². The van der Waals surface area contributed by atoms with Crippen LogP contribution in [0.25, 0.3) is 10.9 Å². The van der Waals surface area contributed by atoms with E-state index in [0.29, 0.717) is 24.7 Å². The number of allylic oxidation sites excluding steroid dienone is 2. The lowest BCUT2D eigenvalue weighted by Gasteiger charge is -2.40. The second-order valence-corrected chi connectivity index (χ2v) is 16.5. The third-order valence-corrected chi connectivity index (χ3v) is 11.9. The van der Waals surface area contributed by atoms with Crippen LogP contribution in [-0.4, -0.2) is 106 Å². The largest absolute Gasteiger partial charge is 0.461 e. The number of benzene rings is 3. The normalized spacial score (nSPS) is 18.4. The third-order valence-electron chi connectivity index (χ3n) is 10.5. The SMILES string of the molecule is [C-]#[N+]c1ccc(COC(=O)CCC(=O)N2CCN(C)CC2)c(C(=O)O[C@@](Cn2cncn2)(c2ccc(F)cc2F)[C@@H](C)SC2COC(C=CC=Cc3ccc(C#N)cc3F)OC2)c1. The van der Waals surface area contributed by atoms with Gasteiger partial charge in [-0.1, -0.05) is 36.4 Å². The molecular formula is C45H44F3N7O7S. The zero-order valence-electron chi connectivity index (χ0n) is 34.5. The van der Waals surface area contributed by atoms with Crippen LogP contribution in [-0.2, 0) is 47.3 Å². The zero-order valence-corrected chi connectivity index (χ0v) is 35.3. The molecule has 0 unspecified atom stereocenters. The number of hydrogen-bond donors (Lipinski definition) is 0. The minimum Gasteiger partial charge on any atom is -0.461 e. The van der Waals surface area contributed by atoms with Crippen molar-refractivity contribution in [3.63, 3.8) is 0 Å². The first-order valence-electron chi connectivity index (χ1n) is 19.9. The Morgan fingerprint density at radius 3 is 2.49 bits per heavy atom. The molecule has 1 aromatic heterocycles. The molecule has 328 valence electrons. The first-order chi connectivity index (χ1) is 30.4. The van der Waals surface area contributed by atoms with Crippen LogP contribution in [0.15, 0.2) is 85.5 Å². The summed E-state index contributed by atoms with van der Waals surface area (Å²) < 4.78 is 70.0. The highest BCUT2D eigenvalue weighted by molar-refractivity contribution is 8.00. The number of hydrogen-bond acceptors (Lipinski definition) is 12. The number of piperazine rings is 1. The number of nitrogens with zero attached hydrogens (tertiary/aromatic N) is 7. The number of likely N-dealkylation sites (N-methyl/N-ethyl adjacent to an activating group) is 1. The van der Waals surface area contributed by atoms with Crippen LogP contribution in [0.5, 0.6) is 0 Å². The van der Waals surface area contributed by atoms with Crippen LogP contribution in [0.2, 0.25) is 0 Å². The summed E-state index contributed by atoms with van der Waals surface area (Å²) in [5.74, 6) is -4.23. The standard InChI is InChI=1S/C45H44F3N7O7S/c1-30(63-36-25-60-43(61-26-36)7-5-4-6-32-9-8-31(23-49)20-39(32)47)45(27-55-29-51-28-52-55,38-13-11-34(46)21-40(38)48)62-44(58)37-22-35(50-2)12-10-33(37)24-59-42(57)15-14-41(56)54-18-16-53(3)17-19-54/h4-13,20-22,28-30,36,43H,14-19,24-27H2,1,3H3/t30-,36?,43?,45-/m1/s1. The molecule has 3 heterocycles. The molecule has 0 bridgehead atoms. The van der Waals surface area contributed by atoms with Crippen LogP contribution < -0.4 is 0 Å². The van der Waals surface area contributed by atoms with Gasteiger partial charge in [0.15, 0.2) is 17.6 Å². The predicted molar refractivity (Wildman–Crippen MR) is 225 cm³/mol. The average Bonchev–Trinajstić information content (AvgIpc) is 3.80. The molecule has 2 fully saturated rings. The van der Waals surface area contributed by atoms with E-state index in [4.69, 9.17) is 30.8 Å². The van der Waals surface area contributed by atoms with E-state index in [2.05, 4.69) is 19.8 Å². The van der Waals surface area contributed by atoms with Gasteiger partial charge in [0.05, 0.1) is 55.2 Å². The number of nitriles is 1. The van der Waals surface area contributed by atoms with Gasteiger partial charge in [-0.05, 0) is 50.4 Å². The maximum atomic E-state index is 16.1. The number of thioether (sulfide) groups is 1. The van der Waals surface area contributed by atoms with Crippen LogP contribution in [0.1, 0.15) is 52.4 Å². The quantitative estimate of drug-likeness (QED) is 0.0677. The van der Waals surface area contributed by atoms with Gasteiger partial charge in [0.2, 0.25) is 5.91 Å². The van der Waals surface area contributed by atoms with Crippen molar-refractivity contribution in [1.29, 1.82) is 5.26 Å². The Balaban J connectivity index is 1.19. The maximum Gasteiger partial charge on any atom is 0.338 e. The number of rotatable bonds is 16. The number of amides is 1. The molecule has 63 heavy (non-hydrogen) atoms. The minimum absolute atomic E-state index is 0.0488. The van der Waals surface area contributed by atoms with E-state index in [9.17, 15) is 23.2 Å². The molecule has 14 nitrogen and oxygen atoms in total. The number of carbonyl (C=O) groups is 3. The van der Waals surface area contributed by atoms with Gasteiger partial charge in [-0.25, -0.2) is 32.5 Å². The zero-order chi connectivity index (χ0) is 44.9. The fourth-order valence-electron chi connectivity index (χ4n) is 6.95. The Morgan fingerprint density at radius 1 is 1.03 bits per heavy atom. The van der Waals surface area contributed by atoms with E-state index in [0.717, 1.165) is 25.2 Å². The van der Waals surface area contributed by atoms with E-state index in [-0.39, 0.29) is 71.7 Å². The van der Waals surface area contributed by atoms with Crippen LogP contribution >= 0.6 is 11.8 Å². The van der Waals surface area contributed by atoms with Gasteiger partial charge in [-0.2, -0.15) is 10.4 Å². The van der Waals surface area contributed by atoms with E-state index < -0.39 is 53.1 Å². The Bertz CT molecular complexity index is 2410. The molecule has 0 N–H and O–H groups in total. The number of carbonyl (C=O) groups excluding carboxylic acids is 3. The Kier molecular flexibility index (Phi) is 15.9. The molecule has 0 spiro atoms. The van der Waals surface area contributed by atoms with E-state index in [1.807, 2.05) is 13.1 Å². The van der Waals surface area contributed by atoms with Crippen molar-refractivity contribution in [3.05, 3.63) is 142 Å². The van der Waals surface area contributed by atoms with Crippen molar-refractivity contribution in [2.75, 3.05) is 46.4 Å². The van der Waals surface area contributed by atoms with Crippen LogP contribution in [0.3, 0.4) is 0 Å². The maximum absolute atomic E-state index is 16.1. The van der Waals surface area contributed by atoms with Gasteiger partial charge in [0, 0.05) is 60.6 Å². The van der Waals surface area contributed by atoms with Crippen molar-refractivity contribution in [2.45, 2.75) is 55.3 Å². The van der Waals surface area contributed by atoms with Gasteiger partial charge >= 0.3 is 11.9 Å². The number of aromatic nitrogens is 3. The molecule has 0 aliphatic carbocycles. The Morgan fingerprint density at radius 2 is 1.81 bits per heavy atom. The topological polar surface area (TPSA) is 153 Å². The summed E-state index contributed by atoms with van der Waals surface area (Å²) in [7, 11) is 1.97. The molecule has 0 saturated carbocycles. The average molecular weight is 884 g/mol. The summed E-state index contributed by atoms with van der Waals surface area (Å²) in [6, 6.07) is 13.1. The highest BCUT2D eigenvalue weighted by atomic mass is 32.2. The summed E-state index contributed by atoms with van der Waals surface area (Å²) in [6.45, 7) is 11.5. The number of halogens is 3. The molecule has 0 radical (unpaired) electrons. The molecule has 2 aliphatic heterocycles. The van der Waals surface area contributed by atoms with Gasteiger partial charge in [0.25, 0.3) is 0 Å². The van der Waals surface area contributed by atoms with Crippen LogP contribution in [0.4, 0.5) is 18.9 Å². The summed E-state index contributed by atoms with van der Waals surface area (Å²) in [5.41, 5.74) is -1.46. The van der Waals surface area contributed by atoms with Gasteiger partial charge in [-0.15, -0.1) is 11.8 Å². The monoisotopic (exact) mass is 883 g/mol. The highest BCUT2D eigenvalue weighted by Crippen LogP contribution is 2.43. The van der Waals surface area contributed by atoms with Crippen LogP contribution in [0, 0.1) is 35.4 Å². The molecular weight excluding hydrogens is 840 g/mol. The Labute approximate surface area is 366 Å². The molecule has 2 aliphatic rings. The summed E-state index contributed by atoms with van der Waals surface area (Å²) in [6.07, 6.45) is 8.03. The number of ether oxygens (including phenoxy) is 4. The fraction of sp³-hybridized carbons (Fsp3) is 0.356. The molecule has 4 aromatic rings. The smallest absolute Gasteiger partial charge is 0.338 e. The molecule has 18 heteroatoms. The van der Waals surface area contributed by atoms with Crippen molar-refractivity contribution in [1.82, 2.24) is 24.6 Å². The van der Waals surface area contributed by atoms with E-state index in [1.165, 1.54) is 71.6 Å². The number of esters is 2. The lowest BCUT2D eigenvalue weighted by atomic mass is 9.89. The second kappa shape index (κ2) is 21.7. The van der Waals surface area contributed by atoms with Crippen molar-refractivity contribution in [2.24, 2.45) is 0 Å². The lowest BCUT2D eigenvalue weighted by molar-refractivity contribution is -0.147. The predicted octanol–water partition coefficient (Wildman–Crippen LogP) is 6.60. The summed E-state index contributed by atoms with van der Waals surface area (Å²) in [4.78, 5) is 51.4. The molecule has 1 amide bonds. The first-order valence-corrected chi connectivity index (χ1v) is 20.9. The minimum atomic E-state index is -1.92. The molecule has 3 aromatic carbocycles. The highest BCUT2D eigenvalue weighted by Gasteiger charge is 2.47. The molecule has 2 atom stereocenters. The summed E-state index contributed by atoms with van der Waals surface area (Å²) >= 11 is 1.27.